The minimum Gasteiger partial charge on any atom is -0.409 e. The molecule has 0 saturated carbocycles. The number of oxime groups is 1. The number of amidine groups is 1. The van der Waals surface area contributed by atoms with Gasteiger partial charge in [0.2, 0.25) is 0 Å². The van der Waals surface area contributed by atoms with Crippen molar-refractivity contribution in [2.45, 2.75) is 39.2 Å². The molecule has 0 fully saturated rings. The maximum absolute atomic E-state index is 12.2. The van der Waals surface area contributed by atoms with Gasteiger partial charge in [0.1, 0.15) is 5.54 Å². The molecule has 0 radical (unpaired) electrons. The summed E-state index contributed by atoms with van der Waals surface area (Å²) in [4.78, 5) is 12.2. The molecule has 0 bridgehead atoms. The maximum atomic E-state index is 12.2. The first kappa shape index (κ1) is 15.0. The number of rotatable bonds is 5. The number of aryl methyl sites for hydroxylation is 1. The van der Waals surface area contributed by atoms with Crippen LogP contribution in [0.3, 0.4) is 0 Å². The molecule has 0 aliphatic heterocycles. The van der Waals surface area contributed by atoms with Crippen molar-refractivity contribution in [3.63, 3.8) is 0 Å². The summed E-state index contributed by atoms with van der Waals surface area (Å²) >= 11 is 0. The van der Waals surface area contributed by atoms with Gasteiger partial charge in [-0.1, -0.05) is 36.7 Å². The molecule has 104 valence electrons. The van der Waals surface area contributed by atoms with Crippen molar-refractivity contribution < 1.29 is 10.0 Å². The van der Waals surface area contributed by atoms with Crippen LogP contribution in [0.15, 0.2) is 29.4 Å². The van der Waals surface area contributed by atoms with Crippen LogP contribution in [0, 0.1) is 6.92 Å². The zero-order valence-electron chi connectivity index (χ0n) is 11.6. The van der Waals surface area contributed by atoms with E-state index in [1.807, 2.05) is 32.9 Å². The number of nitrogens with zero attached hydrogens (tertiary/aromatic N) is 1. The van der Waals surface area contributed by atoms with Crippen LogP contribution < -0.4 is 11.1 Å². The van der Waals surface area contributed by atoms with Gasteiger partial charge in [0, 0.05) is 5.56 Å². The first-order valence-corrected chi connectivity index (χ1v) is 6.36. The van der Waals surface area contributed by atoms with E-state index in [0.29, 0.717) is 18.4 Å². The number of nitrogens with two attached hydrogens (primary N) is 1. The third-order valence-corrected chi connectivity index (χ3v) is 3.44. The normalized spacial score (nSPS) is 12.3. The highest BCUT2D eigenvalue weighted by Gasteiger charge is 2.33. The second kappa shape index (κ2) is 6.22. The van der Waals surface area contributed by atoms with Gasteiger partial charge in [-0.25, -0.2) is 0 Å². The summed E-state index contributed by atoms with van der Waals surface area (Å²) in [6.07, 6.45) is 1.11. The third kappa shape index (κ3) is 3.24. The molecule has 1 rings (SSSR count). The van der Waals surface area contributed by atoms with Crippen molar-refractivity contribution in [3.8, 4) is 0 Å². The fourth-order valence-electron chi connectivity index (χ4n) is 2.02. The molecule has 5 heteroatoms. The Hall–Kier alpha value is -2.04. The molecule has 4 N–H and O–H groups in total. The Morgan fingerprint density at radius 1 is 1.42 bits per heavy atom. The minimum absolute atomic E-state index is 0.0264. The molecule has 0 heterocycles. The van der Waals surface area contributed by atoms with Gasteiger partial charge in [0.25, 0.3) is 5.91 Å². The summed E-state index contributed by atoms with van der Waals surface area (Å²) in [5.41, 5.74) is 6.48. The lowest BCUT2D eigenvalue weighted by molar-refractivity contribution is 0.0917. The highest BCUT2D eigenvalue weighted by molar-refractivity contribution is 6.00. The standard InChI is InChI=1S/C14H21N3O2/c1-4-14(5-2,13(15)17-19)16-12(18)11-8-6-7-10(3)9-11/h6-9,19H,4-5H2,1-3H3,(H2,15,17)(H,16,18). The van der Waals surface area contributed by atoms with Crippen LogP contribution in [0.2, 0.25) is 0 Å². The lowest BCUT2D eigenvalue weighted by atomic mass is 9.91. The molecule has 0 unspecified atom stereocenters. The Labute approximate surface area is 113 Å². The Bertz CT molecular complexity index is 479. The number of carbonyl (C=O) groups excluding carboxylic acids is 1. The molecular formula is C14H21N3O2. The monoisotopic (exact) mass is 263 g/mol. The van der Waals surface area contributed by atoms with Crippen LogP contribution in [-0.2, 0) is 0 Å². The topological polar surface area (TPSA) is 87.7 Å². The highest BCUT2D eigenvalue weighted by atomic mass is 16.4. The SMILES string of the molecule is CCC(CC)(NC(=O)c1cccc(C)c1)/C(N)=N/O. The van der Waals surface area contributed by atoms with Crippen molar-refractivity contribution >= 4 is 11.7 Å². The quantitative estimate of drug-likeness (QED) is 0.329. The molecule has 0 aliphatic carbocycles. The summed E-state index contributed by atoms with van der Waals surface area (Å²) in [5.74, 6) is -0.197. The van der Waals surface area contributed by atoms with Crippen LogP contribution in [0.25, 0.3) is 0 Å². The summed E-state index contributed by atoms with van der Waals surface area (Å²) in [6.45, 7) is 5.70. The van der Waals surface area contributed by atoms with Crippen LogP contribution in [0.5, 0.6) is 0 Å². The first-order valence-electron chi connectivity index (χ1n) is 6.36. The lowest BCUT2D eigenvalue weighted by Crippen LogP contribution is -2.56. The van der Waals surface area contributed by atoms with Gasteiger partial charge in [-0.3, -0.25) is 4.79 Å². The molecule has 1 amide bonds. The van der Waals surface area contributed by atoms with E-state index in [2.05, 4.69) is 10.5 Å². The van der Waals surface area contributed by atoms with Gasteiger partial charge in [0.05, 0.1) is 0 Å². The largest absolute Gasteiger partial charge is 0.409 e. The van der Waals surface area contributed by atoms with E-state index < -0.39 is 5.54 Å². The molecule has 1 aromatic carbocycles. The molecule has 19 heavy (non-hydrogen) atoms. The van der Waals surface area contributed by atoms with Gasteiger partial charge in [0.15, 0.2) is 5.84 Å². The molecule has 0 saturated heterocycles. The van der Waals surface area contributed by atoms with Crippen molar-refractivity contribution in [2.24, 2.45) is 10.9 Å². The van der Waals surface area contributed by atoms with Crippen molar-refractivity contribution in [3.05, 3.63) is 35.4 Å². The highest BCUT2D eigenvalue weighted by Crippen LogP contribution is 2.17. The predicted molar refractivity (Wildman–Crippen MR) is 75.4 cm³/mol. The molecule has 0 atom stereocenters. The van der Waals surface area contributed by atoms with E-state index in [9.17, 15) is 4.79 Å². The lowest BCUT2D eigenvalue weighted by Gasteiger charge is -2.31. The smallest absolute Gasteiger partial charge is 0.252 e. The number of amides is 1. The third-order valence-electron chi connectivity index (χ3n) is 3.44. The summed E-state index contributed by atoms with van der Waals surface area (Å²) in [5, 5.41) is 14.8. The second-order valence-electron chi connectivity index (χ2n) is 4.60. The van der Waals surface area contributed by atoms with Crippen molar-refractivity contribution in [1.82, 2.24) is 5.32 Å². The van der Waals surface area contributed by atoms with E-state index in [1.165, 1.54) is 0 Å². The predicted octanol–water partition coefficient (Wildman–Crippen LogP) is 2.03. The first-order chi connectivity index (χ1) is 8.99. The number of hydrogen-bond donors (Lipinski definition) is 3. The molecule has 5 nitrogen and oxygen atoms in total. The Balaban J connectivity index is 3.01. The van der Waals surface area contributed by atoms with E-state index in [1.54, 1.807) is 12.1 Å². The molecule has 0 spiro atoms. The second-order valence-corrected chi connectivity index (χ2v) is 4.60. The summed E-state index contributed by atoms with van der Waals surface area (Å²) in [7, 11) is 0. The van der Waals surface area contributed by atoms with Gasteiger partial charge in [-0.2, -0.15) is 0 Å². The van der Waals surface area contributed by atoms with Gasteiger partial charge >= 0.3 is 0 Å². The fraction of sp³-hybridized carbons (Fsp3) is 0.429. The Morgan fingerprint density at radius 3 is 2.53 bits per heavy atom. The van der Waals surface area contributed by atoms with Gasteiger partial charge in [-0.15, -0.1) is 0 Å². The zero-order chi connectivity index (χ0) is 14.5. The van der Waals surface area contributed by atoms with Crippen LogP contribution in [-0.4, -0.2) is 22.5 Å². The number of nitrogens with one attached hydrogen (secondary N) is 1. The maximum Gasteiger partial charge on any atom is 0.252 e. The number of benzene rings is 1. The van der Waals surface area contributed by atoms with Crippen LogP contribution in [0.1, 0.15) is 42.6 Å². The summed E-state index contributed by atoms with van der Waals surface area (Å²) < 4.78 is 0. The molecule has 1 aromatic rings. The Morgan fingerprint density at radius 2 is 2.05 bits per heavy atom. The zero-order valence-corrected chi connectivity index (χ0v) is 11.6. The van der Waals surface area contributed by atoms with Gasteiger partial charge in [-0.05, 0) is 31.9 Å². The molecular weight excluding hydrogens is 242 g/mol. The van der Waals surface area contributed by atoms with Gasteiger partial charge < -0.3 is 16.3 Å². The summed E-state index contributed by atoms with van der Waals surface area (Å²) in [6, 6.07) is 7.29. The average molecular weight is 263 g/mol. The fourth-order valence-corrected chi connectivity index (χ4v) is 2.02. The molecule has 0 aromatic heterocycles. The molecule has 0 aliphatic rings. The van der Waals surface area contributed by atoms with E-state index >= 15 is 0 Å². The van der Waals surface area contributed by atoms with Crippen molar-refractivity contribution in [1.29, 1.82) is 0 Å². The number of hydrogen-bond acceptors (Lipinski definition) is 3. The van der Waals surface area contributed by atoms with Crippen molar-refractivity contribution in [2.75, 3.05) is 0 Å². The minimum atomic E-state index is -0.810. The van der Waals surface area contributed by atoms with E-state index in [-0.39, 0.29) is 11.7 Å². The van der Waals surface area contributed by atoms with Crippen LogP contribution in [0.4, 0.5) is 0 Å². The number of carbonyl (C=O) groups is 1. The van der Waals surface area contributed by atoms with E-state index in [0.717, 1.165) is 5.56 Å². The average Bonchev–Trinajstić information content (AvgIpc) is 2.43. The Kier molecular flexibility index (Phi) is 4.92. The van der Waals surface area contributed by atoms with Crippen LogP contribution >= 0.6 is 0 Å². The van der Waals surface area contributed by atoms with E-state index in [4.69, 9.17) is 10.9 Å².